The van der Waals surface area contributed by atoms with Crippen LogP contribution in [0.3, 0.4) is 0 Å². The van der Waals surface area contributed by atoms with Gasteiger partial charge in [0.25, 0.3) is 0 Å². The minimum absolute atomic E-state index is 0.0716. The molecule has 9 heteroatoms. The van der Waals surface area contributed by atoms with Crippen LogP contribution in [0.4, 0.5) is 13.2 Å². The number of pyridine rings is 1. The average Bonchev–Trinajstić information content (AvgIpc) is 2.69. The van der Waals surface area contributed by atoms with E-state index < -0.39 is 12.8 Å². The fourth-order valence-corrected chi connectivity index (χ4v) is 2.19. The summed E-state index contributed by atoms with van der Waals surface area (Å²) in [5.41, 5.74) is 0.725. The van der Waals surface area contributed by atoms with Crippen LogP contribution in [0.5, 0.6) is 11.6 Å². The first-order valence-corrected chi connectivity index (χ1v) is 8.73. The Kier molecular flexibility index (Phi) is 8.38. The van der Waals surface area contributed by atoms with Gasteiger partial charge in [0.2, 0.25) is 5.88 Å². The van der Waals surface area contributed by atoms with E-state index in [2.05, 4.69) is 25.3 Å². The zero-order valence-corrected chi connectivity index (χ0v) is 15.5. The number of nitrogens with zero attached hydrogens (tertiary/aromatic N) is 2. The summed E-state index contributed by atoms with van der Waals surface area (Å²) in [5.74, 6) is 1.33. The molecule has 28 heavy (non-hydrogen) atoms. The van der Waals surface area contributed by atoms with E-state index in [-0.39, 0.29) is 5.88 Å². The molecule has 0 aliphatic heterocycles. The zero-order chi connectivity index (χ0) is 20.2. The molecule has 6 nitrogen and oxygen atoms in total. The van der Waals surface area contributed by atoms with Crippen LogP contribution in [0.2, 0.25) is 0 Å². The van der Waals surface area contributed by atoms with Crippen molar-refractivity contribution in [2.45, 2.75) is 19.1 Å². The summed E-state index contributed by atoms with van der Waals surface area (Å²) in [6.07, 6.45) is -2.22. The maximum atomic E-state index is 12.2. The Morgan fingerprint density at radius 2 is 1.89 bits per heavy atom. The van der Waals surface area contributed by atoms with Crippen LogP contribution in [0, 0.1) is 0 Å². The number of ether oxygens (including phenoxy) is 2. The van der Waals surface area contributed by atoms with E-state index in [1.807, 2.05) is 30.3 Å². The van der Waals surface area contributed by atoms with Crippen molar-refractivity contribution >= 4 is 5.96 Å². The maximum absolute atomic E-state index is 12.2. The first kappa shape index (κ1) is 21.3. The van der Waals surface area contributed by atoms with Crippen molar-refractivity contribution < 1.29 is 22.6 Å². The molecule has 1 aromatic heterocycles. The van der Waals surface area contributed by atoms with Gasteiger partial charge < -0.3 is 20.1 Å². The van der Waals surface area contributed by atoms with E-state index in [0.717, 1.165) is 17.7 Å². The SMILES string of the molecule is CN=C(NCCCOc1ccccc1)NCc1ccnc(OCC(F)(F)F)c1. The average molecular weight is 396 g/mol. The van der Waals surface area contributed by atoms with Crippen molar-refractivity contribution in [2.75, 3.05) is 26.8 Å². The summed E-state index contributed by atoms with van der Waals surface area (Å²) >= 11 is 0. The second kappa shape index (κ2) is 11.0. The standard InChI is InChI=1S/C19H23F3N4O2/c1-23-18(25-9-5-11-27-16-6-3-2-4-7-16)26-13-15-8-10-24-17(12-15)28-14-19(20,21)22/h2-4,6-8,10,12H,5,9,11,13-14H2,1H3,(H2,23,25,26). The van der Waals surface area contributed by atoms with E-state index in [0.29, 0.717) is 25.7 Å². The molecule has 0 fully saturated rings. The van der Waals surface area contributed by atoms with Gasteiger partial charge in [-0.1, -0.05) is 18.2 Å². The molecule has 0 aliphatic rings. The minimum atomic E-state index is -4.40. The van der Waals surface area contributed by atoms with Gasteiger partial charge in [-0.2, -0.15) is 13.2 Å². The number of guanidine groups is 1. The van der Waals surface area contributed by atoms with Crippen molar-refractivity contribution in [3.8, 4) is 11.6 Å². The summed E-state index contributed by atoms with van der Waals surface area (Å²) in [6.45, 7) is 0.220. The Hall–Kier alpha value is -2.97. The highest BCUT2D eigenvalue weighted by molar-refractivity contribution is 5.79. The number of aromatic nitrogens is 1. The van der Waals surface area contributed by atoms with Gasteiger partial charge in [-0.25, -0.2) is 4.98 Å². The number of aliphatic imine (C=N–C) groups is 1. The van der Waals surface area contributed by atoms with Gasteiger partial charge in [-0.05, 0) is 30.2 Å². The third-order valence-corrected chi connectivity index (χ3v) is 3.49. The lowest BCUT2D eigenvalue weighted by Crippen LogP contribution is -2.37. The summed E-state index contributed by atoms with van der Waals surface area (Å²) in [4.78, 5) is 7.88. The predicted molar refractivity (Wildman–Crippen MR) is 101 cm³/mol. The topological polar surface area (TPSA) is 67.8 Å². The molecule has 0 amide bonds. The van der Waals surface area contributed by atoms with Crippen LogP contribution in [0.1, 0.15) is 12.0 Å². The Balaban J connectivity index is 1.68. The molecule has 0 unspecified atom stereocenters. The third kappa shape index (κ3) is 8.61. The molecule has 152 valence electrons. The molecule has 1 heterocycles. The van der Waals surface area contributed by atoms with Gasteiger partial charge >= 0.3 is 6.18 Å². The number of halogens is 3. The van der Waals surface area contributed by atoms with Gasteiger partial charge in [0.1, 0.15) is 5.75 Å². The minimum Gasteiger partial charge on any atom is -0.494 e. The normalized spacial score (nSPS) is 11.8. The number of hydrogen-bond donors (Lipinski definition) is 2. The van der Waals surface area contributed by atoms with Gasteiger partial charge in [-0.15, -0.1) is 0 Å². The fourth-order valence-electron chi connectivity index (χ4n) is 2.19. The second-order valence-corrected chi connectivity index (χ2v) is 5.77. The molecule has 2 N–H and O–H groups in total. The Bertz CT molecular complexity index is 739. The predicted octanol–water partition coefficient (Wildman–Crippen LogP) is 3.16. The second-order valence-electron chi connectivity index (χ2n) is 5.77. The first-order chi connectivity index (χ1) is 13.5. The number of benzene rings is 1. The van der Waals surface area contributed by atoms with Gasteiger partial charge in [0, 0.05) is 32.4 Å². The van der Waals surface area contributed by atoms with Crippen LogP contribution in [-0.2, 0) is 6.54 Å². The van der Waals surface area contributed by atoms with Crippen LogP contribution in [0.15, 0.2) is 53.7 Å². The summed E-state index contributed by atoms with van der Waals surface area (Å²) in [7, 11) is 1.64. The molecule has 0 saturated carbocycles. The monoisotopic (exact) mass is 396 g/mol. The van der Waals surface area contributed by atoms with Crippen molar-refractivity contribution in [2.24, 2.45) is 4.99 Å². The highest BCUT2D eigenvalue weighted by atomic mass is 19.4. The Morgan fingerprint density at radius 1 is 1.11 bits per heavy atom. The van der Waals surface area contributed by atoms with Gasteiger partial charge in [0.05, 0.1) is 6.61 Å². The Morgan fingerprint density at radius 3 is 2.61 bits per heavy atom. The molecule has 0 spiro atoms. The molecule has 2 aromatic rings. The van der Waals surface area contributed by atoms with E-state index in [4.69, 9.17) is 4.74 Å². The van der Waals surface area contributed by atoms with Crippen molar-refractivity contribution in [3.05, 3.63) is 54.2 Å². The zero-order valence-electron chi connectivity index (χ0n) is 15.5. The quantitative estimate of drug-likeness (QED) is 0.387. The molecule has 0 atom stereocenters. The lowest BCUT2D eigenvalue weighted by Gasteiger charge is -2.13. The van der Waals surface area contributed by atoms with Crippen molar-refractivity contribution in [3.63, 3.8) is 0 Å². The third-order valence-electron chi connectivity index (χ3n) is 3.49. The van der Waals surface area contributed by atoms with E-state index in [1.165, 1.54) is 12.3 Å². The lowest BCUT2D eigenvalue weighted by atomic mass is 10.2. The highest BCUT2D eigenvalue weighted by Gasteiger charge is 2.28. The molecular formula is C19H23F3N4O2. The smallest absolute Gasteiger partial charge is 0.422 e. The van der Waals surface area contributed by atoms with Crippen molar-refractivity contribution in [1.82, 2.24) is 15.6 Å². The molecule has 0 radical (unpaired) electrons. The molecule has 0 aliphatic carbocycles. The highest BCUT2D eigenvalue weighted by Crippen LogP contribution is 2.17. The molecular weight excluding hydrogens is 373 g/mol. The summed E-state index contributed by atoms with van der Waals surface area (Å²) < 4.78 is 46.9. The molecule has 0 saturated heterocycles. The molecule has 2 rings (SSSR count). The Labute approximate surface area is 161 Å². The van der Waals surface area contributed by atoms with E-state index >= 15 is 0 Å². The van der Waals surface area contributed by atoms with Crippen LogP contribution < -0.4 is 20.1 Å². The lowest BCUT2D eigenvalue weighted by molar-refractivity contribution is -0.154. The largest absolute Gasteiger partial charge is 0.494 e. The van der Waals surface area contributed by atoms with Gasteiger partial charge in [0.15, 0.2) is 12.6 Å². The first-order valence-electron chi connectivity index (χ1n) is 8.73. The van der Waals surface area contributed by atoms with Gasteiger partial charge in [-0.3, -0.25) is 4.99 Å². The summed E-state index contributed by atoms with van der Waals surface area (Å²) in [6, 6.07) is 12.7. The number of para-hydroxylation sites is 1. The number of rotatable bonds is 9. The van der Waals surface area contributed by atoms with Crippen molar-refractivity contribution in [1.29, 1.82) is 0 Å². The van der Waals surface area contributed by atoms with Crippen LogP contribution in [-0.4, -0.2) is 43.9 Å². The molecule has 0 bridgehead atoms. The van der Waals surface area contributed by atoms with Crippen LogP contribution >= 0.6 is 0 Å². The number of hydrogen-bond acceptors (Lipinski definition) is 4. The van der Waals surface area contributed by atoms with E-state index in [9.17, 15) is 13.2 Å². The number of nitrogens with one attached hydrogen (secondary N) is 2. The summed E-state index contributed by atoms with van der Waals surface area (Å²) in [5, 5.41) is 6.24. The molecule has 1 aromatic carbocycles. The number of alkyl halides is 3. The fraction of sp³-hybridized carbons (Fsp3) is 0.368. The van der Waals surface area contributed by atoms with E-state index in [1.54, 1.807) is 13.1 Å². The maximum Gasteiger partial charge on any atom is 0.422 e. The van der Waals surface area contributed by atoms with Crippen LogP contribution in [0.25, 0.3) is 0 Å².